The summed E-state index contributed by atoms with van der Waals surface area (Å²) in [4.78, 5) is 3.86. The van der Waals surface area contributed by atoms with E-state index in [0.29, 0.717) is 10.9 Å². The number of nitrogens with zero attached hydrogens (tertiary/aromatic N) is 1. The molecule has 3 aromatic carbocycles. The molecule has 0 aliphatic heterocycles. The lowest BCUT2D eigenvalue weighted by molar-refractivity contribution is -0.139. The third-order valence-corrected chi connectivity index (χ3v) is 3.84. The first-order valence-corrected chi connectivity index (χ1v) is 6.82. The third kappa shape index (κ3) is 1.91. The highest BCUT2D eigenvalue weighted by Gasteiger charge is 2.35. The van der Waals surface area contributed by atoms with Crippen LogP contribution in [0, 0.1) is 0 Å². The second-order valence-electron chi connectivity index (χ2n) is 5.22. The standard InChI is InChI=1S/C18H10F3N/c19-18(20,21)17-15-10-12-6-2-1-5-11(12)9-14(15)13-7-3-4-8-16(13)22-17/h1-10H. The first-order valence-electron chi connectivity index (χ1n) is 6.82. The van der Waals surface area contributed by atoms with Crippen LogP contribution in [-0.4, -0.2) is 4.98 Å². The Morgan fingerprint density at radius 1 is 0.682 bits per heavy atom. The van der Waals surface area contributed by atoms with Crippen molar-refractivity contribution in [2.45, 2.75) is 6.18 Å². The van der Waals surface area contributed by atoms with E-state index in [4.69, 9.17) is 0 Å². The molecule has 108 valence electrons. The zero-order valence-electron chi connectivity index (χ0n) is 11.4. The van der Waals surface area contributed by atoms with E-state index in [0.717, 1.165) is 16.2 Å². The number of para-hydroxylation sites is 1. The number of rotatable bonds is 0. The molecule has 0 fully saturated rings. The summed E-state index contributed by atoms with van der Waals surface area (Å²) in [5.74, 6) is 0. The van der Waals surface area contributed by atoms with Crippen molar-refractivity contribution in [1.82, 2.24) is 4.98 Å². The van der Waals surface area contributed by atoms with Gasteiger partial charge in [-0.2, -0.15) is 13.2 Å². The highest BCUT2D eigenvalue weighted by atomic mass is 19.4. The molecule has 0 bridgehead atoms. The second-order valence-corrected chi connectivity index (χ2v) is 5.22. The van der Waals surface area contributed by atoms with Crippen LogP contribution in [0.15, 0.2) is 60.7 Å². The van der Waals surface area contributed by atoms with Crippen LogP contribution in [0.3, 0.4) is 0 Å². The zero-order chi connectivity index (χ0) is 15.3. The van der Waals surface area contributed by atoms with Gasteiger partial charge in [0.25, 0.3) is 0 Å². The maximum atomic E-state index is 13.4. The van der Waals surface area contributed by atoms with Crippen LogP contribution < -0.4 is 0 Å². The Bertz CT molecular complexity index is 1020. The van der Waals surface area contributed by atoms with E-state index < -0.39 is 11.9 Å². The summed E-state index contributed by atoms with van der Waals surface area (Å²) in [5, 5.41) is 3.15. The lowest BCUT2D eigenvalue weighted by Crippen LogP contribution is -2.09. The maximum Gasteiger partial charge on any atom is 0.433 e. The van der Waals surface area contributed by atoms with Crippen LogP contribution in [0.4, 0.5) is 13.2 Å². The fourth-order valence-corrected chi connectivity index (χ4v) is 2.85. The van der Waals surface area contributed by atoms with Gasteiger partial charge in [0.15, 0.2) is 5.69 Å². The van der Waals surface area contributed by atoms with Crippen LogP contribution in [0.5, 0.6) is 0 Å². The van der Waals surface area contributed by atoms with Gasteiger partial charge < -0.3 is 0 Å². The van der Waals surface area contributed by atoms with E-state index in [1.165, 1.54) is 0 Å². The van der Waals surface area contributed by atoms with Crippen molar-refractivity contribution in [2.75, 3.05) is 0 Å². The molecule has 4 rings (SSSR count). The van der Waals surface area contributed by atoms with Crippen LogP contribution in [0.25, 0.3) is 32.4 Å². The van der Waals surface area contributed by atoms with Crippen molar-refractivity contribution >= 4 is 32.4 Å². The Morgan fingerprint density at radius 3 is 1.95 bits per heavy atom. The molecule has 0 aliphatic carbocycles. The minimum atomic E-state index is -4.48. The highest BCUT2D eigenvalue weighted by molar-refractivity contribution is 6.11. The van der Waals surface area contributed by atoms with Gasteiger partial charge >= 0.3 is 6.18 Å². The Kier molecular flexibility index (Phi) is 2.64. The van der Waals surface area contributed by atoms with Gasteiger partial charge in [0.2, 0.25) is 0 Å². The van der Waals surface area contributed by atoms with Crippen LogP contribution in [0.1, 0.15) is 5.69 Å². The second kappa shape index (κ2) is 4.44. The molecule has 0 spiro atoms. The summed E-state index contributed by atoms with van der Waals surface area (Å²) < 4.78 is 40.1. The van der Waals surface area contributed by atoms with Crippen molar-refractivity contribution in [3.8, 4) is 0 Å². The van der Waals surface area contributed by atoms with Gasteiger partial charge in [0.1, 0.15) is 0 Å². The topological polar surface area (TPSA) is 12.9 Å². The number of aromatic nitrogens is 1. The highest BCUT2D eigenvalue weighted by Crippen LogP contribution is 2.38. The van der Waals surface area contributed by atoms with Crippen molar-refractivity contribution in [2.24, 2.45) is 0 Å². The number of fused-ring (bicyclic) bond motifs is 4. The van der Waals surface area contributed by atoms with E-state index in [2.05, 4.69) is 4.98 Å². The smallest absolute Gasteiger partial charge is 0.243 e. The molecule has 0 N–H and O–H groups in total. The zero-order valence-corrected chi connectivity index (χ0v) is 11.4. The normalized spacial score (nSPS) is 12.3. The predicted molar refractivity (Wildman–Crippen MR) is 81.8 cm³/mol. The number of benzene rings is 3. The molecule has 4 aromatic rings. The third-order valence-electron chi connectivity index (χ3n) is 3.84. The van der Waals surface area contributed by atoms with Gasteiger partial charge in [0.05, 0.1) is 5.52 Å². The van der Waals surface area contributed by atoms with E-state index in [1.54, 1.807) is 24.3 Å². The molecule has 0 amide bonds. The Labute approximate surface area is 124 Å². The van der Waals surface area contributed by atoms with Crippen molar-refractivity contribution < 1.29 is 13.2 Å². The molecule has 0 unspecified atom stereocenters. The Hall–Kier alpha value is -2.62. The van der Waals surface area contributed by atoms with Gasteiger partial charge in [-0.25, -0.2) is 4.98 Å². The SMILES string of the molecule is FC(F)(F)c1nc2ccccc2c2cc3ccccc3cc12. The number of hydrogen-bond acceptors (Lipinski definition) is 1. The predicted octanol–water partition coefficient (Wildman–Crippen LogP) is 5.56. The molecule has 0 aliphatic rings. The van der Waals surface area contributed by atoms with Gasteiger partial charge in [0, 0.05) is 10.8 Å². The molecule has 1 aromatic heterocycles. The summed E-state index contributed by atoms with van der Waals surface area (Å²) in [6, 6.07) is 17.7. The Morgan fingerprint density at radius 2 is 1.27 bits per heavy atom. The number of pyridine rings is 1. The monoisotopic (exact) mass is 297 g/mol. The molecule has 0 atom stereocenters. The maximum absolute atomic E-state index is 13.4. The molecular formula is C18H10F3N. The molecule has 4 heteroatoms. The molecule has 0 radical (unpaired) electrons. The Balaban J connectivity index is 2.28. The van der Waals surface area contributed by atoms with Crippen molar-refractivity contribution in [3.63, 3.8) is 0 Å². The van der Waals surface area contributed by atoms with Gasteiger partial charge in [-0.05, 0) is 34.4 Å². The van der Waals surface area contributed by atoms with Crippen LogP contribution in [0.2, 0.25) is 0 Å². The van der Waals surface area contributed by atoms with E-state index >= 15 is 0 Å². The number of alkyl halides is 3. The summed E-state index contributed by atoms with van der Waals surface area (Å²) >= 11 is 0. The average molecular weight is 297 g/mol. The number of hydrogen-bond donors (Lipinski definition) is 0. The molecule has 1 heterocycles. The van der Waals surface area contributed by atoms with Crippen molar-refractivity contribution in [1.29, 1.82) is 0 Å². The molecule has 0 saturated heterocycles. The largest absolute Gasteiger partial charge is 0.433 e. The minimum Gasteiger partial charge on any atom is -0.243 e. The molecule has 1 nitrogen and oxygen atoms in total. The lowest BCUT2D eigenvalue weighted by Gasteiger charge is -2.13. The fourth-order valence-electron chi connectivity index (χ4n) is 2.85. The fraction of sp³-hybridized carbons (Fsp3) is 0.0556. The lowest BCUT2D eigenvalue weighted by atomic mass is 9.99. The first kappa shape index (κ1) is 13.1. The summed E-state index contributed by atoms with van der Waals surface area (Å²) in [6.45, 7) is 0. The van der Waals surface area contributed by atoms with Crippen LogP contribution >= 0.6 is 0 Å². The van der Waals surface area contributed by atoms with E-state index in [1.807, 2.05) is 36.4 Å². The van der Waals surface area contributed by atoms with Gasteiger partial charge in [-0.3, -0.25) is 0 Å². The summed E-state index contributed by atoms with van der Waals surface area (Å²) in [6.07, 6.45) is -4.48. The summed E-state index contributed by atoms with van der Waals surface area (Å²) in [5.41, 5.74) is -0.468. The van der Waals surface area contributed by atoms with Gasteiger partial charge in [-0.1, -0.05) is 42.5 Å². The molecular weight excluding hydrogens is 287 g/mol. The molecule has 0 saturated carbocycles. The van der Waals surface area contributed by atoms with Gasteiger partial charge in [-0.15, -0.1) is 0 Å². The quantitative estimate of drug-likeness (QED) is 0.306. The van der Waals surface area contributed by atoms with E-state index in [9.17, 15) is 13.2 Å². The minimum absolute atomic E-state index is 0.143. The molecule has 22 heavy (non-hydrogen) atoms. The van der Waals surface area contributed by atoms with Crippen molar-refractivity contribution in [3.05, 3.63) is 66.4 Å². The number of halogens is 3. The first-order chi connectivity index (χ1) is 10.5. The van der Waals surface area contributed by atoms with Crippen LogP contribution in [-0.2, 0) is 6.18 Å². The summed E-state index contributed by atoms with van der Waals surface area (Å²) in [7, 11) is 0. The van der Waals surface area contributed by atoms with E-state index in [-0.39, 0.29) is 5.39 Å². The average Bonchev–Trinajstić information content (AvgIpc) is 2.51.